The Morgan fingerprint density at radius 3 is 2.14 bits per heavy atom. The number of sulfone groups is 1. The van der Waals surface area contributed by atoms with Crippen molar-refractivity contribution in [1.29, 1.82) is 0 Å². The van der Waals surface area contributed by atoms with Gasteiger partial charge in [0.1, 0.15) is 0 Å². The first kappa shape index (κ1) is 20.9. The molecule has 0 radical (unpaired) electrons. The number of hydrogen-bond donors (Lipinski definition) is 0. The van der Waals surface area contributed by atoms with E-state index in [-0.39, 0.29) is 35.1 Å². The molecule has 1 unspecified atom stereocenters. The second-order valence-corrected chi connectivity index (χ2v) is 10.9. The van der Waals surface area contributed by atoms with Gasteiger partial charge in [0.2, 0.25) is 10.0 Å². The fourth-order valence-electron chi connectivity index (χ4n) is 3.11. The summed E-state index contributed by atoms with van der Waals surface area (Å²) in [6, 6.07) is 10.2. The highest BCUT2D eigenvalue weighted by Crippen LogP contribution is 2.33. The Morgan fingerprint density at radius 2 is 1.54 bits per heavy atom. The summed E-state index contributed by atoms with van der Waals surface area (Å²) in [7, 11) is -4.66. The molecule has 7 nitrogen and oxygen atoms in total. The molecule has 0 bridgehead atoms. The number of methoxy groups -OCH3 is 2. The lowest BCUT2D eigenvalue weighted by Crippen LogP contribution is -2.32. The molecule has 152 valence electrons. The smallest absolute Gasteiger partial charge is 0.243 e. The van der Waals surface area contributed by atoms with Crippen molar-refractivity contribution in [1.82, 2.24) is 4.31 Å². The molecular formula is C18H20ClNO6S2. The summed E-state index contributed by atoms with van der Waals surface area (Å²) in [6.07, 6.45) is 0.220. The van der Waals surface area contributed by atoms with Crippen molar-refractivity contribution >= 4 is 31.5 Å². The van der Waals surface area contributed by atoms with Gasteiger partial charge in [-0.05, 0) is 42.8 Å². The first-order valence-electron chi connectivity index (χ1n) is 8.42. The maximum absolute atomic E-state index is 13.0. The second kappa shape index (κ2) is 7.90. The first-order chi connectivity index (χ1) is 13.2. The van der Waals surface area contributed by atoms with Gasteiger partial charge < -0.3 is 9.47 Å². The van der Waals surface area contributed by atoms with Crippen LogP contribution in [-0.2, 0) is 19.9 Å². The molecule has 0 saturated carbocycles. The monoisotopic (exact) mass is 445 g/mol. The van der Waals surface area contributed by atoms with E-state index in [0.717, 1.165) is 0 Å². The van der Waals surface area contributed by atoms with E-state index < -0.39 is 25.1 Å². The van der Waals surface area contributed by atoms with Crippen LogP contribution < -0.4 is 9.47 Å². The molecule has 1 heterocycles. The van der Waals surface area contributed by atoms with Crippen molar-refractivity contribution in [3.63, 3.8) is 0 Å². The number of nitrogens with zero attached hydrogens (tertiary/aromatic N) is 1. The zero-order valence-electron chi connectivity index (χ0n) is 15.3. The molecule has 2 aromatic rings. The predicted octanol–water partition coefficient (Wildman–Crippen LogP) is 2.59. The summed E-state index contributed by atoms with van der Waals surface area (Å²) in [4.78, 5) is 0.155. The van der Waals surface area contributed by atoms with Gasteiger partial charge in [-0.1, -0.05) is 11.6 Å². The lowest BCUT2D eigenvalue weighted by Gasteiger charge is -2.18. The normalized spacial score (nSPS) is 18.2. The number of rotatable bonds is 6. The quantitative estimate of drug-likeness (QED) is 0.678. The summed E-state index contributed by atoms with van der Waals surface area (Å²) in [5.74, 6) is 0.694. The highest BCUT2D eigenvalue weighted by Gasteiger charge is 2.39. The van der Waals surface area contributed by atoms with Crippen LogP contribution in [0.4, 0.5) is 0 Å². The Morgan fingerprint density at radius 1 is 0.929 bits per heavy atom. The molecule has 0 amide bonds. The van der Waals surface area contributed by atoms with Crippen molar-refractivity contribution in [2.24, 2.45) is 0 Å². The standard InChI is InChI=1S/C18H20ClNO6S2/c1-25-17-8-7-15(11-18(17)26-2)28(23,24)20-10-9-16(12-20)27(21,22)14-5-3-13(19)4-6-14/h3-8,11,16H,9-10,12H2,1-2H3. The van der Waals surface area contributed by atoms with Gasteiger partial charge in [-0.25, -0.2) is 16.8 Å². The van der Waals surface area contributed by atoms with Crippen molar-refractivity contribution in [3.05, 3.63) is 47.5 Å². The molecule has 0 aliphatic carbocycles. The third-order valence-electron chi connectivity index (χ3n) is 4.68. The lowest BCUT2D eigenvalue weighted by atomic mass is 10.3. The van der Waals surface area contributed by atoms with Gasteiger partial charge >= 0.3 is 0 Å². The van der Waals surface area contributed by atoms with E-state index in [0.29, 0.717) is 10.8 Å². The highest BCUT2D eigenvalue weighted by atomic mass is 35.5. The SMILES string of the molecule is COc1ccc(S(=O)(=O)N2CCC(S(=O)(=O)c3ccc(Cl)cc3)C2)cc1OC. The Hall–Kier alpha value is -1.81. The number of hydrogen-bond acceptors (Lipinski definition) is 6. The Bertz CT molecular complexity index is 1070. The van der Waals surface area contributed by atoms with Gasteiger partial charge in [0.15, 0.2) is 21.3 Å². The molecule has 1 atom stereocenters. The summed E-state index contributed by atoms with van der Waals surface area (Å²) < 4.78 is 63.1. The van der Waals surface area contributed by atoms with E-state index >= 15 is 0 Å². The molecule has 1 aliphatic heterocycles. The predicted molar refractivity (Wildman–Crippen MR) is 105 cm³/mol. The van der Waals surface area contributed by atoms with Crippen LogP contribution in [0.2, 0.25) is 5.02 Å². The van der Waals surface area contributed by atoms with Crippen LogP contribution in [0.5, 0.6) is 11.5 Å². The Kier molecular flexibility index (Phi) is 5.90. The van der Waals surface area contributed by atoms with Crippen molar-refractivity contribution < 1.29 is 26.3 Å². The minimum Gasteiger partial charge on any atom is -0.493 e. The molecule has 28 heavy (non-hydrogen) atoms. The Balaban J connectivity index is 1.85. The molecule has 1 fully saturated rings. The molecule has 1 saturated heterocycles. The van der Waals surface area contributed by atoms with E-state index in [1.165, 1.54) is 61.0 Å². The van der Waals surface area contributed by atoms with Crippen LogP contribution in [0.15, 0.2) is 52.3 Å². The van der Waals surface area contributed by atoms with Gasteiger partial charge in [0, 0.05) is 24.2 Å². The zero-order valence-corrected chi connectivity index (χ0v) is 17.7. The third kappa shape index (κ3) is 3.84. The molecule has 0 aromatic heterocycles. The molecule has 3 rings (SSSR count). The van der Waals surface area contributed by atoms with Crippen LogP contribution in [0.1, 0.15) is 6.42 Å². The zero-order chi connectivity index (χ0) is 20.5. The fraction of sp³-hybridized carbons (Fsp3) is 0.333. The number of ether oxygens (including phenoxy) is 2. The highest BCUT2D eigenvalue weighted by molar-refractivity contribution is 7.92. The van der Waals surface area contributed by atoms with Crippen LogP contribution in [-0.4, -0.2) is 53.7 Å². The van der Waals surface area contributed by atoms with Crippen LogP contribution >= 0.6 is 11.6 Å². The van der Waals surface area contributed by atoms with E-state index in [9.17, 15) is 16.8 Å². The van der Waals surface area contributed by atoms with Crippen molar-refractivity contribution in [2.45, 2.75) is 21.5 Å². The molecule has 0 spiro atoms. The van der Waals surface area contributed by atoms with E-state index in [1.807, 2.05) is 0 Å². The summed E-state index contributed by atoms with van der Waals surface area (Å²) in [5.41, 5.74) is 0. The van der Waals surface area contributed by atoms with Crippen molar-refractivity contribution in [2.75, 3.05) is 27.3 Å². The van der Waals surface area contributed by atoms with Gasteiger partial charge in [-0.2, -0.15) is 4.31 Å². The lowest BCUT2D eigenvalue weighted by molar-refractivity contribution is 0.353. The Labute approximate surface area is 169 Å². The minimum absolute atomic E-state index is 0.0229. The van der Waals surface area contributed by atoms with E-state index in [4.69, 9.17) is 21.1 Å². The third-order valence-corrected chi connectivity index (χ3v) is 8.99. The second-order valence-electron chi connectivity index (χ2n) is 6.29. The number of halogens is 1. The average molecular weight is 446 g/mol. The first-order valence-corrected chi connectivity index (χ1v) is 11.8. The fourth-order valence-corrected chi connectivity index (χ4v) is 6.54. The summed E-state index contributed by atoms with van der Waals surface area (Å²) in [5, 5.41) is -0.383. The van der Waals surface area contributed by atoms with E-state index in [2.05, 4.69) is 0 Å². The summed E-state index contributed by atoms with van der Waals surface area (Å²) in [6.45, 7) is 0.00972. The maximum atomic E-state index is 13.0. The number of sulfonamides is 1. The minimum atomic E-state index is -3.87. The largest absolute Gasteiger partial charge is 0.493 e. The maximum Gasteiger partial charge on any atom is 0.243 e. The summed E-state index contributed by atoms with van der Waals surface area (Å²) >= 11 is 5.82. The molecule has 1 aliphatic rings. The topological polar surface area (TPSA) is 90.0 Å². The molecule has 2 aromatic carbocycles. The van der Waals surface area contributed by atoms with Gasteiger partial charge in [-0.15, -0.1) is 0 Å². The van der Waals surface area contributed by atoms with Gasteiger partial charge in [0.25, 0.3) is 0 Å². The van der Waals surface area contributed by atoms with Gasteiger partial charge in [0.05, 0.1) is 29.3 Å². The van der Waals surface area contributed by atoms with Crippen LogP contribution in [0, 0.1) is 0 Å². The molecular weight excluding hydrogens is 426 g/mol. The van der Waals surface area contributed by atoms with Gasteiger partial charge in [-0.3, -0.25) is 0 Å². The van der Waals surface area contributed by atoms with Crippen LogP contribution in [0.3, 0.4) is 0 Å². The van der Waals surface area contributed by atoms with E-state index in [1.54, 1.807) is 0 Å². The molecule has 0 N–H and O–H groups in total. The average Bonchev–Trinajstić information content (AvgIpc) is 3.19. The number of benzene rings is 2. The van der Waals surface area contributed by atoms with Crippen LogP contribution in [0.25, 0.3) is 0 Å². The molecule has 10 heteroatoms. The van der Waals surface area contributed by atoms with Crippen molar-refractivity contribution in [3.8, 4) is 11.5 Å².